The first-order valence-electron chi connectivity index (χ1n) is 8.67. The standard InChI is InChI=1S/C18H25N5O2S/c1-13-5-7-15(8-6-13)26(24,25)23-11-9-16(17(23)19)18(20-2)22-14-4-3-10-21-12-14/h5-9,11,14,21H,3-4,10,12,19H2,1-2H3,(H,20,22)/t14-/m0/s1. The normalized spacial score (nSPS) is 18.7. The summed E-state index contributed by atoms with van der Waals surface area (Å²) in [6.45, 7) is 3.78. The molecular weight excluding hydrogens is 350 g/mol. The van der Waals surface area contributed by atoms with Gasteiger partial charge in [0.15, 0.2) is 0 Å². The SMILES string of the molecule is CN=C(N[C@H]1CCCNC1)c1ccn(S(=O)(=O)c2ccc(C)cc2)c1N. The highest BCUT2D eigenvalue weighted by Gasteiger charge is 2.23. The van der Waals surface area contributed by atoms with Crippen LogP contribution in [-0.2, 0) is 10.0 Å². The second-order valence-corrected chi connectivity index (χ2v) is 8.30. The number of anilines is 1. The highest BCUT2D eigenvalue weighted by Crippen LogP contribution is 2.22. The number of nitrogens with one attached hydrogen (secondary N) is 2. The van der Waals surface area contributed by atoms with Crippen molar-refractivity contribution in [3.8, 4) is 0 Å². The number of nitrogen functional groups attached to an aromatic ring is 1. The zero-order valence-electron chi connectivity index (χ0n) is 15.1. The van der Waals surface area contributed by atoms with Gasteiger partial charge in [0, 0.05) is 25.8 Å². The van der Waals surface area contributed by atoms with E-state index in [1.807, 2.05) is 6.92 Å². The molecule has 1 saturated heterocycles. The average Bonchev–Trinajstić information content (AvgIpc) is 3.03. The number of nitrogens with zero attached hydrogens (tertiary/aromatic N) is 2. The van der Waals surface area contributed by atoms with Crippen molar-refractivity contribution in [3.63, 3.8) is 0 Å². The molecule has 1 aliphatic heterocycles. The molecule has 140 valence electrons. The monoisotopic (exact) mass is 375 g/mol. The van der Waals surface area contributed by atoms with Gasteiger partial charge in [-0.05, 0) is 44.5 Å². The number of hydrogen-bond donors (Lipinski definition) is 3. The summed E-state index contributed by atoms with van der Waals surface area (Å²) >= 11 is 0. The third-order valence-corrected chi connectivity index (χ3v) is 6.29. The Kier molecular flexibility index (Phi) is 5.33. The molecule has 1 aliphatic rings. The van der Waals surface area contributed by atoms with E-state index < -0.39 is 10.0 Å². The van der Waals surface area contributed by atoms with Crippen LogP contribution in [0.25, 0.3) is 0 Å². The molecule has 4 N–H and O–H groups in total. The van der Waals surface area contributed by atoms with Gasteiger partial charge in [-0.2, -0.15) is 0 Å². The summed E-state index contributed by atoms with van der Waals surface area (Å²) in [5.74, 6) is 0.761. The van der Waals surface area contributed by atoms with Gasteiger partial charge in [0.1, 0.15) is 11.7 Å². The smallest absolute Gasteiger partial charge is 0.269 e. The molecule has 0 amide bonds. The Morgan fingerprint density at radius 3 is 2.65 bits per heavy atom. The van der Waals surface area contributed by atoms with Gasteiger partial charge in [0.2, 0.25) is 0 Å². The van der Waals surface area contributed by atoms with E-state index in [2.05, 4.69) is 15.6 Å². The number of aliphatic imine (C=N–C) groups is 1. The van der Waals surface area contributed by atoms with Crippen LogP contribution in [-0.4, -0.2) is 44.4 Å². The van der Waals surface area contributed by atoms with Crippen LogP contribution in [0.3, 0.4) is 0 Å². The molecule has 1 aromatic heterocycles. The summed E-state index contributed by atoms with van der Waals surface area (Å²) in [4.78, 5) is 4.49. The van der Waals surface area contributed by atoms with E-state index in [9.17, 15) is 8.42 Å². The Balaban J connectivity index is 1.90. The average molecular weight is 375 g/mol. The molecule has 3 rings (SSSR count). The van der Waals surface area contributed by atoms with Crippen LogP contribution in [0.5, 0.6) is 0 Å². The van der Waals surface area contributed by atoms with Gasteiger partial charge in [0.05, 0.1) is 10.5 Å². The number of benzene rings is 1. The van der Waals surface area contributed by atoms with Crippen molar-refractivity contribution >= 4 is 21.7 Å². The maximum Gasteiger partial charge on any atom is 0.269 e. The fourth-order valence-corrected chi connectivity index (χ4v) is 4.38. The van der Waals surface area contributed by atoms with E-state index in [1.54, 1.807) is 37.4 Å². The number of piperidine rings is 1. The molecule has 8 heteroatoms. The molecule has 0 radical (unpaired) electrons. The van der Waals surface area contributed by atoms with Crippen LogP contribution in [0.15, 0.2) is 46.4 Å². The maximum atomic E-state index is 12.9. The van der Waals surface area contributed by atoms with Gasteiger partial charge in [-0.15, -0.1) is 0 Å². The number of nitrogens with two attached hydrogens (primary N) is 1. The topological polar surface area (TPSA) is 102 Å². The molecule has 2 aromatic rings. The first-order chi connectivity index (χ1) is 12.4. The summed E-state index contributed by atoms with van der Waals surface area (Å²) in [5, 5.41) is 6.71. The lowest BCUT2D eigenvalue weighted by Crippen LogP contribution is -2.46. The first-order valence-corrected chi connectivity index (χ1v) is 10.1. The lowest BCUT2D eigenvalue weighted by molar-refractivity contribution is 0.431. The minimum atomic E-state index is -3.74. The molecular formula is C18H25N5O2S. The highest BCUT2D eigenvalue weighted by atomic mass is 32.2. The lowest BCUT2D eigenvalue weighted by atomic mass is 10.1. The van der Waals surface area contributed by atoms with Crippen LogP contribution in [0.2, 0.25) is 0 Å². The third-order valence-electron chi connectivity index (χ3n) is 4.58. The van der Waals surface area contributed by atoms with Gasteiger partial charge in [-0.25, -0.2) is 12.4 Å². The zero-order chi connectivity index (χ0) is 18.7. The number of aromatic nitrogens is 1. The van der Waals surface area contributed by atoms with Crippen molar-refractivity contribution < 1.29 is 8.42 Å². The van der Waals surface area contributed by atoms with Gasteiger partial charge in [0.25, 0.3) is 10.0 Å². The van der Waals surface area contributed by atoms with Crippen molar-refractivity contribution in [2.75, 3.05) is 25.9 Å². The van der Waals surface area contributed by atoms with Crippen molar-refractivity contribution in [1.82, 2.24) is 14.6 Å². The molecule has 0 unspecified atom stereocenters. The Morgan fingerprint density at radius 2 is 2.04 bits per heavy atom. The summed E-state index contributed by atoms with van der Waals surface area (Å²) in [7, 11) is -2.07. The Labute approximate surface area is 154 Å². The Hall–Kier alpha value is -2.32. The van der Waals surface area contributed by atoms with Crippen molar-refractivity contribution in [2.24, 2.45) is 4.99 Å². The van der Waals surface area contributed by atoms with E-state index in [0.717, 1.165) is 35.5 Å². The number of aryl methyl sites for hydroxylation is 1. The van der Waals surface area contributed by atoms with Crippen LogP contribution < -0.4 is 16.4 Å². The number of rotatable bonds is 4. The summed E-state index contributed by atoms with van der Waals surface area (Å²) < 4.78 is 26.9. The van der Waals surface area contributed by atoms with Crippen LogP contribution in [0.4, 0.5) is 5.82 Å². The molecule has 2 heterocycles. The Bertz CT molecular complexity index is 894. The molecule has 1 atom stereocenters. The first kappa shape index (κ1) is 18.5. The number of amidine groups is 1. The summed E-state index contributed by atoms with van der Waals surface area (Å²) in [6, 6.07) is 8.65. The third kappa shape index (κ3) is 3.61. The van der Waals surface area contributed by atoms with E-state index in [0.29, 0.717) is 11.4 Å². The summed E-state index contributed by atoms with van der Waals surface area (Å²) in [6.07, 6.45) is 3.60. The van der Waals surface area contributed by atoms with Gasteiger partial charge in [-0.3, -0.25) is 4.99 Å². The quantitative estimate of drug-likeness (QED) is 0.553. The molecule has 7 nitrogen and oxygen atoms in total. The van der Waals surface area contributed by atoms with Crippen LogP contribution in [0.1, 0.15) is 24.0 Å². The van der Waals surface area contributed by atoms with E-state index in [-0.39, 0.29) is 16.8 Å². The van der Waals surface area contributed by atoms with E-state index in [4.69, 9.17) is 5.73 Å². The minimum Gasteiger partial charge on any atom is -0.384 e. The minimum absolute atomic E-state index is 0.155. The van der Waals surface area contributed by atoms with Crippen molar-refractivity contribution in [1.29, 1.82) is 0 Å². The lowest BCUT2D eigenvalue weighted by Gasteiger charge is -2.25. The van der Waals surface area contributed by atoms with E-state index >= 15 is 0 Å². The predicted octanol–water partition coefficient (Wildman–Crippen LogP) is 1.33. The zero-order valence-corrected chi connectivity index (χ0v) is 15.9. The van der Waals surface area contributed by atoms with Gasteiger partial charge in [-0.1, -0.05) is 17.7 Å². The molecule has 0 spiro atoms. The maximum absolute atomic E-state index is 12.9. The highest BCUT2D eigenvalue weighted by molar-refractivity contribution is 7.90. The van der Waals surface area contributed by atoms with Crippen LogP contribution >= 0.6 is 0 Å². The summed E-state index contributed by atoms with van der Waals surface area (Å²) in [5.41, 5.74) is 7.77. The fraction of sp³-hybridized carbons (Fsp3) is 0.389. The van der Waals surface area contributed by atoms with Crippen molar-refractivity contribution in [2.45, 2.75) is 30.7 Å². The molecule has 26 heavy (non-hydrogen) atoms. The van der Waals surface area contributed by atoms with Gasteiger partial charge < -0.3 is 16.4 Å². The number of hydrogen-bond acceptors (Lipinski definition) is 5. The predicted molar refractivity (Wildman–Crippen MR) is 104 cm³/mol. The molecule has 1 fully saturated rings. The molecule has 1 aromatic carbocycles. The second kappa shape index (κ2) is 7.51. The molecule has 0 bridgehead atoms. The molecule has 0 aliphatic carbocycles. The van der Waals surface area contributed by atoms with Crippen molar-refractivity contribution in [3.05, 3.63) is 47.7 Å². The molecule has 0 saturated carbocycles. The Morgan fingerprint density at radius 1 is 1.31 bits per heavy atom. The second-order valence-electron chi connectivity index (χ2n) is 6.49. The van der Waals surface area contributed by atoms with E-state index in [1.165, 1.54) is 6.20 Å². The van der Waals surface area contributed by atoms with Crippen LogP contribution in [0, 0.1) is 6.92 Å². The fourth-order valence-electron chi connectivity index (χ4n) is 3.09. The largest absolute Gasteiger partial charge is 0.384 e. The van der Waals surface area contributed by atoms with Gasteiger partial charge >= 0.3 is 0 Å².